The summed E-state index contributed by atoms with van der Waals surface area (Å²) in [5.41, 5.74) is 8.87. The van der Waals surface area contributed by atoms with Crippen LogP contribution in [0.25, 0.3) is 0 Å². The van der Waals surface area contributed by atoms with E-state index in [0.29, 0.717) is 6.54 Å². The van der Waals surface area contributed by atoms with Gasteiger partial charge in [0.25, 0.3) is 0 Å². The van der Waals surface area contributed by atoms with Gasteiger partial charge in [-0.15, -0.1) is 0 Å². The molecule has 0 fully saturated rings. The molecule has 1 aromatic heterocycles. The number of hydrogen-bond donors (Lipinski definition) is 1. The van der Waals surface area contributed by atoms with Crippen LogP contribution < -0.4 is 5.73 Å². The Morgan fingerprint density at radius 2 is 2.25 bits per heavy atom. The van der Waals surface area contributed by atoms with Crippen LogP contribution in [0.5, 0.6) is 0 Å². The van der Waals surface area contributed by atoms with Crippen LogP contribution in [0.1, 0.15) is 25.1 Å². The summed E-state index contributed by atoms with van der Waals surface area (Å²) in [6, 6.07) is 4.08. The molecule has 0 amide bonds. The lowest BCUT2D eigenvalue weighted by Gasteiger charge is -2.19. The van der Waals surface area contributed by atoms with Crippen molar-refractivity contribution in [1.82, 2.24) is 9.88 Å². The molecule has 0 aliphatic heterocycles. The largest absolute Gasteiger partial charge is 0.326 e. The lowest BCUT2D eigenvalue weighted by molar-refractivity contribution is 0.301. The first kappa shape index (κ1) is 12.9. The third kappa shape index (κ3) is 4.13. The highest BCUT2D eigenvalue weighted by Crippen LogP contribution is 2.05. The zero-order chi connectivity index (χ0) is 12.0. The normalized spacial score (nSPS) is 10.8. The van der Waals surface area contributed by atoms with Crippen molar-refractivity contribution in [2.45, 2.75) is 26.9 Å². The minimum Gasteiger partial charge on any atom is -0.326 e. The molecule has 0 saturated carbocycles. The van der Waals surface area contributed by atoms with Crippen molar-refractivity contribution in [3.8, 4) is 0 Å². The van der Waals surface area contributed by atoms with Crippen LogP contribution in [0.3, 0.4) is 0 Å². The maximum absolute atomic E-state index is 5.53. The van der Waals surface area contributed by atoms with Crippen molar-refractivity contribution < 1.29 is 0 Å². The summed E-state index contributed by atoms with van der Waals surface area (Å²) in [5, 5.41) is 0. The summed E-state index contributed by atoms with van der Waals surface area (Å²) in [7, 11) is 0. The highest BCUT2D eigenvalue weighted by atomic mass is 15.1. The van der Waals surface area contributed by atoms with Gasteiger partial charge >= 0.3 is 0 Å². The Labute approximate surface area is 98.0 Å². The van der Waals surface area contributed by atoms with Crippen molar-refractivity contribution in [3.05, 3.63) is 41.7 Å². The predicted molar refractivity (Wildman–Crippen MR) is 67.9 cm³/mol. The Morgan fingerprint density at radius 1 is 1.50 bits per heavy atom. The van der Waals surface area contributed by atoms with Crippen LogP contribution in [-0.4, -0.2) is 23.0 Å². The van der Waals surface area contributed by atoms with E-state index in [2.05, 4.69) is 23.4 Å². The van der Waals surface area contributed by atoms with Gasteiger partial charge in [-0.1, -0.05) is 25.1 Å². The zero-order valence-corrected chi connectivity index (χ0v) is 10.2. The fourth-order valence-corrected chi connectivity index (χ4v) is 1.56. The third-order valence-electron chi connectivity index (χ3n) is 2.45. The number of pyridine rings is 1. The average molecular weight is 219 g/mol. The highest BCUT2D eigenvalue weighted by molar-refractivity contribution is 5.13. The first-order valence-electron chi connectivity index (χ1n) is 5.66. The summed E-state index contributed by atoms with van der Waals surface area (Å²) in [6.07, 6.45) is 1.85. The van der Waals surface area contributed by atoms with Gasteiger partial charge in [-0.3, -0.25) is 9.88 Å². The van der Waals surface area contributed by atoms with Crippen LogP contribution in [0.2, 0.25) is 0 Å². The van der Waals surface area contributed by atoms with E-state index in [0.717, 1.165) is 30.9 Å². The van der Waals surface area contributed by atoms with Crippen LogP contribution >= 0.6 is 0 Å². The van der Waals surface area contributed by atoms with E-state index in [9.17, 15) is 0 Å². The molecule has 88 valence electrons. The molecule has 0 atom stereocenters. The number of hydrogen-bond acceptors (Lipinski definition) is 3. The van der Waals surface area contributed by atoms with Gasteiger partial charge in [0.2, 0.25) is 0 Å². The SMILES string of the molecule is C=C(C)CN(CC)Cc1ccc(CN)cn1. The molecule has 0 spiro atoms. The quantitative estimate of drug-likeness (QED) is 0.743. The van der Waals surface area contributed by atoms with Crippen LogP contribution in [0.15, 0.2) is 30.5 Å². The number of nitrogens with zero attached hydrogens (tertiary/aromatic N) is 2. The Balaban J connectivity index is 2.59. The zero-order valence-electron chi connectivity index (χ0n) is 10.2. The van der Waals surface area contributed by atoms with Crippen molar-refractivity contribution in [2.75, 3.05) is 13.1 Å². The Kier molecular flexibility index (Phi) is 5.15. The third-order valence-corrected chi connectivity index (χ3v) is 2.45. The fourth-order valence-electron chi connectivity index (χ4n) is 1.56. The second kappa shape index (κ2) is 6.40. The fraction of sp³-hybridized carbons (Fsp3) is 0.462. The molecule has 1 aromatic rings. The van der Waals surface area contributed by atoms with E-state index in [4.69, 9.17) is 5.73 Å². The van der Waals surface area contributed by atoms with Gasteiger partial charge in [-0.05, 0) is 25.1 Å². The van der Waals surface area contributed by atoms with Crippen molar-refractivity contribution in [1.29, 1.82) is 0 Å². The van der Waals surface area contributed by atoms with Crippen LogP contribution in [0.4, 0.5) is 0 Å². The van der Waals surface area contributed by atoms with Gasteiger partial charge in [-0.25, -0.2) is 0 Å². The van der Waals surface area contributed by atoms with E-state index >= 15 is 0 Å². The van der Waals surface area contributed by atoms with Crippen LogP contribution in [-0.2, 0) is 13.1 Å². The molecule has 1 heterocycles. The summed E-state index contributed by atoms with van der Waals surface area (Å²) in [5.74, 6) is 0. The monoisotopic (exact) mass is 219 g/mol. The number of nitrogens with two attached hydrogens (primary N) is 1. The Bertz CT molecular complexity index is 330. The van der Waals surface area contributed by atoms with Gasteiger partial charge in [0.1, 0.15) is 0 Å². The minimum absolute atomic E-state index is 0.552. The second-order valence-electron chi connectivity index (χ2n) is 4.12. The molecule has 0 radical (unpaired) electrons. The standard InChI is InChI=1S/C13H21N3/c1-4-16(9-11(2)3)10-13-6-5-12(7-14)8-15-13/h5-6,8H,2,4,7,9-10,14H2,1,3H3. The maximum atomic E-state index is 5.53. The molecule has 0 aliphatic carbocycles. The highest BCUT2D eigenvalue weighted by Gasteiger charge is 2.04. The molecule has 16 heavy (non-hydrogen) atoms. The molecule has 0 bridgehead atoms. The van der Waals surface area contributed by atoms with E-state index in [1.54, 1.807) is 0 Å². The summed E-state index contributed by atoms with van der Waals surface area (Å²) in [4.78, 5) is 6.71. The molecular weight excluding hydrogens is 198 g/mol. The van der Waals surface area contributed by atoms with E-state index in [1.165, 1.54) is 5.57 Å². The molecule has 0 aromatic carbocycles. The summed E-state index contributed by atoms with van der Waals surface area (Å²) >= 11 is 0. The van der Waals surface area contributed by atoms with Crippen LogP contribution in [0, 0.1) is 0 Å². The number of rotatable bonds is 6. The second-order valence-corrected chi connectivity index (χ2v) is 4.12. The molecule has 2 N–H and O–H groups in total. The molecule has 3 nitrogen and oxygen atoms in total. The number of aromatic nitrogens is 1. The van der Waals surface area contributed by atoms with Crippen molar-refractivity contribution in [2.24, 2.45) is 5.73 Å². The van der Waals surface area contributed by atoms with Gasteiger partial charge < -0.3 is 5.73 Å². The Hall–Kier alpha value is -1.19. The molecule has 0 unspecified atom stereocenters. The minimum atomic E-state index is 0.552. The van der Waals surface area contributed by atoms with Gasteiger partial charge in [-0.2, -0.15) is 0 Å². The predicted octanol–water partition coefficient (Wildman–Crippen LogP) is 1.94. The molecule has 0 saturated heterocycles. The van der Waals surface area contributed by atoms with E-state index in [1.807, 2.05) is 25.3 Å². The van der Waals surface area contributed by atoms with Gasteiger partial charge in [0.05, 0.1) is 5.69 Å². The molecule has 0 aliphatic rings. The first-order chi connectivity index (χ1) is 7.65. The van der Waals surface area contributed by atoms with E-state index in [-0.39, 0.29) is 0 Å². The topological polar surface area (TPSA) is 42.1 Å². The Morgan fingerprint density at radius 3 is 2.69 bits per heavy atom. The number of likely N-dealkylation sites (N-methyl/N-ethyl adjacent to an activating group) is 1. The summed E-state index contributed by atoms with van der Waals surface area (Å²) in [6.45, 7) is 11.5. The lowest BCUT2D eigenvalue weighted by Crippen LogP contribution is -2.25. The molecular formula is C13H21N3. The van der Waals surface area contributed by atoms with E-state index < -0.39 is 0 Å². The molecule has 1 rings (SSSR count). The summed E-state index contributed by atoms with van der Waals surface area (Å²) < 4.78 is 0. The van der Waals surface area contributed by atoms with Crippen molar-refractivity contribution in [3.63, 3.8) is 0 Å². The smallest absolute Gasteiger partial charge is 0.0544 e. The molecule has 3 heteroatoms. The average Bonchev–Trinajstić information content (AvgIpc) is 2.28. The lowest BCUT2D eigenvalue weighted by atomic mass is 10.2. The first-order valence-corrected chi connectivity index (χ1v) is 5.66. The van der Waals surface area contributed by atoms with Crippen molar-refractivity contribution >= 4 is 0 Å². The van der Waals surface area contributed by atoms with Gasteiger partial charge in [0.15, 0.2) is 0 Å². The van der Waals surface area contributed by atoms with Gasteiger partial charge in [0, 0.05) is 25.8 Å². The maximum Gasteiger partial charge on any atom is 0.0544 e.